The molecule has 3 nitrogen and oxygen atoms in total. The summed E-state index contributed by atoms with van der Waals surface area (Å²) in [5.41, 5.74) is 5.92. The van der Waals surface area contributed by atoms with Crippen LogP contribution in [-0.4, -0.2) is 9.97 Å². The normalized spacial score (nSPS) is 11.7. The number of hydrogen-bond donors (Lipinski definition) is 1. The van der Waals surface area contributed by atoms with Crippen LogP contribution in [0.3, 0.4) is 0 Å². The first-order chi connectivity index (χ1) is 9.72. The van der Waals surface area contributed by atoms with Crippen LogP contribution in [0.15, 0.2) is 18.2 Å². The summed E-state index contributed by atoms with van der Waals surface area (Å²) in [4.78, 5) is 8.09. The van der Waals surface area contributed by atoms with Crippen molar-refractivity contribution < 1.29 is 17.6 Å². The number of halogens is 4. The van der Waals surface area contributed by atoms with Crippen molar-refractivity contribution in [2.75, 3.05) is 5.73 Å². The van der Waals surface area contributed by atoms with Crippen molar-refractivity contribution >= 4 is 5.82 Å². The van der Waals surface area contributed by atoms with Crippen LogP contribution < -0.4 is 5.73 Å². The van der Waals surface area contributed by atoms with E-state index in [-0.39, 0.29) is 17.2 Å². The molecule has 0 unspecified atom stereocenters. The molecule has 21 heavy (non-hydrogen) atoms. The van der Waals surface area contributed by atoms with Crippen LogP contribution in [0.5, 0.6) is 0 Å². The highest BCUT2D eigenvalue weighted by molar-refractivity contribution is 5.60. The van der Waals surface area contributed by atoms with E-state index >= 15 is 0 Å². The maximum Gasteiger partial charge on any atom is 0.416 e. The van der Waals surface area contributed by atoms with E-state index < -0.39 is 17.6 Å². The van der Waals surface area contributed by atoms with Gasteiger partial charge in [-0.2, -0.15) is 13.2 Å². The molecule has 0 fully saturated rings. The first kappa shape index (κ1) is 15.2. The van der Waals surface area contributed by atoms with E-state index in [1.807, 2.05) is 6.92 Å². The topological polar surface area (TPSA) is 51.8 Å². The molecule has 0 aliphatic rings. The van der Waals surface area contributed by atoms with Gasteiger partial charge in [-0.25, -0.2) is 14.4 Å². The highest BCUT2D eigenvalue weighted by Crippen LogP contribution is 2.32. The minimum atomic E-state index is -4.64. The van der Waals surface area contributed by atoms with Gasteiger partial charge in [-0.15, -0.1) is 0 Å². The van der Waals surface area contributed by atoms with Crippen molar-refractivity contribution in [2.24, 2.45) is 0 Å². The smallest absolute Gasteiger partial charge is 0.383 e. The monoisotopic (exact) mass is 299 g/mol. The Morgan fingerprint density at radius 2 is 1.81 bits per heavy atom. The number of benzene rings is 1. The number of aromatic nitrogens is 2. The lowest BCUT2D eigenvalue weighted by atomic mass is 10.1. The first-order valence-corrected chi connectivity index (χ1v) is 6.23. The molecule has 2 rings (SSSR count). The Labute approximate surface area is 118 Å². The van der Waals surface area contributed by atoms with Crippen LogP contribution in [0.4, 0.5) is 23.4 Å². The summed E-state index contributed by atoms with van der Waals surface area (Å²) in [5.74, 6) is -0.829. The van der Waals surface area contributed by atoms with E-state index in [0.717, 1.165) is 17.7 Å². The minimum Gasteiger partial charge on any atom is -0.383 e. The van der Waals surface area contributed by atoms with Gasteiger partial charge < -0.3 is 5.73 Å². The summed E-state index contributed by atoms with van der Waals surface area (Å²) < 4.78 is 51.5. The molecule has 1 aromatic carbocycles. The maximum atomic E-state index is 13.4. The van der Waals surface area contributed by atoms with E-state index in [1.54, 1.807) is 6.92 Å². The molecule has 0 saturated heterocycles. The standard InChI is InChI=1S/C14H13F4N3/c1-3-11-7(2)20-13(21-12(11)19)8-4-9(14(16,17)18)6-10(15)5-8/h4-6H,3H2,1-2H3,(H2,19,20,21). The van der Waals surface area contributed by atoms with E-state index in [2.05, 4.69) is 9.97 Å². The number of nitrogen functional groups attached to an aromatic ring is 1. The number of nitrogens with two attached hydrogens (primary N) is 1. The van der Waals surface area contributed by atoms with Gasteiger partial charge in [-0.05, 0) is 31.5 Å². The van der Waals surface area contributed by atoms with Crippen molar-refractivity contribution in [3.05, 3.63) is 40.8 Å². The van der Waals surface area contributed by atoms with Crippen molar-refractivity contribution in [3.8, 4) is 11.4 Å². The predicted molar refractivity (Wildman–Crippen MR) is 71.0 cm³/mol. The second-order valence-corrected chi connectivity index (χ2v) is 4.58. The average Bonchev–Trinajstić information content (AvgIpc) is 2.36. The highest BCUT2D eigenvalue weighted by atomic mass is 19.4. The van der Waals surface area contributed by atoms with Crippen molar-refractivity contribution in [1.82, 2.24) is 9.97 Å². The molecule has 0 radical (unpaired) electrons. The van der Waals surface area contributed by atoms with E-state index in [1.165, 1.54) is 0 Å². The summed E-state index contributed by atoms with van der Waals surface area (Å²) in [6, 6.07) is 2.19. The second-order valence-electron chi connectivity index (χ2n) is 4.58. The summed E-state index contributed by atoms with van der Waals surface area (Å²) in [7, 11) is 0. The molecule has 0 saturated carbocycles. The Kier molecular flexibility index (Phi) is 3.85. The lowest BCUT2D eigenvalue weighted by Crippen LogP contribution is -2.07. The fraction of sp³-hybridized carbons (Fsp3) is 0.286. The molecule has 1 aromatic heterocycles. The van der Waals surface area contributed by atoms with Crippen LogP contribution in [0.2, 0.25) is 0 Å². The van der Waals surface area contributed by atoms with Gasteiger partial charge >= 0.3 is 6.18 Å². The second kappa shape index (κ2) is 5.31. The van der Waals surface area contributed by atoms with E-state index in [0.29, 0.717) is 18.2 Å². The lowest BCUT2D eigenvalue weighted by Gasteiger charge is -2.11. The summed E-state index contributed by atoms with van der Waals surface area (Å²) in [6.07, 6.45) is -4.03. The van der Waals surface area contributed by atoms with Gasteiger partial charge in [0.15, 0.2) is 5.82 Å². The van der Waals surface area contributed by atoms with Crippen LogP contribution in [0, 0.1) is 12.7 Å². The number of alkyl halides is 3. The van der Waals surface area contributed by atoms with Crippen molar-refractivity contribution in [2.45, 2.75) is 26.4 Å². The third-order valence-electron chi connectivity index (χ3n) is 3.08. The van der Waals surface area contributed by atoms with E-state index in [9.17, 15) is 17.6 Å². The van der Waals surface area contributed by atoms with Gasteiger partial charge in [0.25, 0.3) is 0 Å². The van der Waals surface area contributed by atoms with Crippen LogP contribution >= 0.6 is 0 Å². The number of rotatable bonds is 2. The van der Waals surface area contributed by atoms with Gasteiger partial charge in [0.05, 0.1) is 5.56 Å². The third-order valence-corrected chi connectivity index (χ3v) is 3.08. The van der Waals surface area contributed by atoms with Gasteiger partial charge in [0, 0.05) is 16.8 Å². The Bertz CT molecular complexity index is 657. The van der Waals surface area contributed by atoms with Crippen molar-refractivity contribution in [3.63, 3.8) is 0 Å². The Balaban J connectivity index is 2.60. The first-order valence-electron chi connectivity index (χ1n) is 6.23. The number of anilines is 1. The molecule has 2 aromatic rings. The fourth-order valence-corrected chi connectivity index (χ4v) is 2.07. The average molecular weight is 299 g/mol. The lowest BCUT2D eigenvalue weighted by molar-refractivity contribution is -0.137. The maximum absolute atomic E-state index is 13.4. The molecule has 1 heterocycles. The zero-order valence-electron chi connectivity index (χ0n) is 11.4. The van der Waals surface area contributed by atoms with Gasteiger partial charge in [0.2, 0.25) is 0 Å². The summed E-state index contributed by atoms with van der Waals surface area (Å²) in [5, 5.41) is 0. The Hall–Kier alpha value is -2.18. The predicted octanol–water partition coefficient (Wildman–Crippen LogP) is 3.75. The highest BCUT2D eigenvalue weighted by Gasteiger charge is 2.31. The van der Waals surface area contributed by atoms with E-state index in [4.69, 9.17) is 5.73 Å². The molecule has 112 valence electrons. The van der Waals surface area contributed by atoms with Crippen LogP contribution in [-0.2, 0) is 12.6 Å². The molecular formula is C14H13F4N3. The largest absolute Gasteiger partial charge is 0.416 e. The summed E-state index contributed by atoms with van der Waals surface area (Å²) >= 11 is 0. The third kappa shape index (κ3) is 3.12. The zero-order chi connectivity index (χ0) is 15.8. The van der Waals surface area contributed by atoms with Gasteiger partial charge in [-0.1, -0.05) is 6.92 Å². The zero-order valence-corrected chi connectivity index (χ0v) is 11.4. The number of aryl methyl sites for hydroxylation is 1. The molecule has 0 spiro atoms. The summed E-state index contributed by atoms with van der Waals surface area (Å²) in [6.45, 7) is 3.55. The Morgan fingerprint density at radius 1 is 1.14 bits per heavy atom. The molecule has 0 aliphatic heterocycles. The quantitative estimate of drug-likeness (QED) is 0.859. The van der Waals surface area contributed by atoms with Crippen LogP contribution in [0.25, 0.3) is 11.4 Å². The molecular weight excluding hydrogens is 286 g/mol. The Morgan fingerprint density at radius 3 is 2.33 bits per heavy atom. The van der Waals surface area contributed by atoms with Crippen molar-refractivity contribution in [1.29, 1.82) is 0 Å². The number of hydrogen-bond acceptors (Lipinski definition) is 3. The minimum absolute atomic E-state index is 0.0211. The molecule has 0 bridgehead atoms. The molecule has 0 aliphatic carbocycles. The molecule has 0 atom stereocenters. The van der Waals surface area contributed by atoms with Gasteiger partial charge in [-0.3, -0.25) is 0 Å². The molecule has 0 amide bonds. The van der Waals surface area contributed by atoms with Gasteiger partial charge in [0.1, 0.15) is 11.6 Å². The molecule has 7 heteroatoms. The molecule has 2 N–H and O–H groups in total. The number of nitrogens with zero attached hydrogens (tertiary/aromatic N) is 2. The van der Waals surface area contributed by atoms with Crippen LogP contribution in [0.1, 0.15) is 23.7 Å². The fourth-order valence-electron chi connectivity index (χ4n) is 2.07. The SMILES string of the molecule is CCc1c(C)nc(-c2cc(F)cc(C(F)(F)F)c2)nc1N.